The maximum atomic E-state index is 11.9. The number of rotatable bonds is 3. The van der Waals surface area contributed by atoms with Crippen molar-refractivity contribution in [2.24, 2.45) is 0 Å². The van der Waals surface area contributed by atoms with Gasteiger partial charge in [0.2, 0.25) is 5.91 Å². The molecule has 1 N–H and O–H groups in total. The Morgan fingerprint density at radius 3 is 2.89 bits per heavy atom. The summed E-state index contributed by atoms with van der Waals surface area (Å²) in [6.45, 7) is 0. The summed E-state index contributed by atoms with van der Waals surface area (Å²) in [6, 6.07) is 9.50. The van der Waals surface area contributed by atoms with Gasteiger partial charge in [0, 0.05) is 20.4 Å². The van der Waals surface area contributed by atoms with E-state index in [1.165, 1.54) is 0 Å². The van der Waals surface area contributed by atoms with Crippen molar-refractivity contribution in [1.29, 1.82) is 0 Å². The van der Waals surface area contributed by atoms with Crippen molar-refractivity contribution >= 4 is 50.1 Å². The van der Waals surface area contributed by atoms with Gasteiger partial charge in [-0.3, -0.25) is 9.78 Å². The number of carbonyl (C=O) groups is 1. The van der Waals surface area contributed by atoms with E-state index in [4.69, 9.17) is 0 Å². The zero-order valence-corrected chi connectivity index (χ0v) is 13.1. The number of pyridine rings is 1. The fraction of sp³-hybridized carbons (Fsp3) is 0.0769. The first-order valence-electron chi connectivity index (χ1n) is 5.29. The molecule has 0 aliphatic rings. The Hall–Kier alpha value is -0.950. The summed E-state index contributed by atoms with van der Waals surface area (Å²) in [5.74, 6) is -0.0510. The van der Waals surface area contributed by atoms with E-state index < -0.39 is 0 Å². The Bertz CT molecular complexity index is 560. The zero-order chi connectivity index (χ0) is 13.0. The predicted octanol–water partition coefficient (Wildman–Crippen LogP) is 3.63. The summed E-state index contributed by atoms with van der Waals surface area (Å²) in [5, 5.41) is 2.87. The molecule has 2 rings (SSSR count). The van der Waals surface area contributed by atoms with Crippen LogP contribution < -0.4 is 5.32 Å². The molecule has 3 nitrogen and oxygen atoms in total. The first-order valence-corrected chi connectivity index (χ1v) is 7.16. The zero-order valence-electron chi connectivity index (χ0n) is 9.36. The van der Waals surface area contributed by atoms with Gasteiger partial charge in [-0.2, -0.15) is 0 Å². The van der Waals surface area contributed by atoms with Gasteiger partial charge < -0.3 is 5.32 Å². The second-order valence-corrected chi connectivity index (χ2v) is 5.81. The quantitative estimate of drug-likeness (QED) is 0.776. The molecule has 0 spiro atoms. The molecule has 1 amide bonds. The smallest absolute Gasteiger partial charge is 0.228 e. The molecule has 0 atom stereocenters. The molecule has 1 heterocycles. The summed E-state index contributed by atoms with van der Waals surface area (Å²) in [4.78, 5) is 15.8. The Morgan fingerprint density at radius 2 is 2.22 bits per heavy atom. The summed E-state index contributed by atoms with van der Waals surface area (Å²) in [6.07, 6.45) is 3.71. The minimum Gasteiger partial charge on any atom is -0.325 e. The highest BCUT2D eigenvalue weighted by atomic mass is 127. The third-order valence-corrected chi connectivity index (χ3v) is 3.62. The highest BCUT2D eigenvalue weighted by molar-refractivity contribution is 14.1. The van der Waals surface area contributed by atoms with E-state index in [-0.39, 0.29) is 5.91 Å². The highest BCUT2D eigenvalue weighted by Crippen LogP contribution is 2.24. The number of amides is 1. The van der Waals surface area contributed by atoms with Crippen molar-refractivity contribution in [2.75, 3.05) is 5.32 Å². The number of halogens is 2. The second kappa shape index (κ2) is 6.29. The van der Waals surface area contributed by atoms with Crippen molar-refractivity contribution in [1.82, 2.24) is 4.98 Å². The normalized spacial score (nSPS) is 10.1. The van der Waals surface area contributed by atoms with Crippen molar-refractivity contribution < 1.29 is 4.79 Å². The molecule has 1 aromatic heterocycles. The van der Waals surface area contributed by atoms with Crippen LogP contribution in [0, 0.1) is 3.57 Å². The van der Waals surface area contributed by atoms with Gasteiger partial charge in [-0.05, 0) is 68.3 Å². The first-order chi connectivity index (χ1) is 8.65. The van der Waals surface area contributed by atoms with E-state index in [1.54, 1.807) is 12.4 Å². The van der Waals surface area contributed by atoms with Gasteiger partial charge >= 0.3 is 0 Å². The third-order valence-electron chi connectivity index (χ3n) is 2.29. The number of aromatic nitrogens is 1. The van der Waals surface area contributed by atoms with Crippen LogP contribution in [0.25, 0.3) is 0 Å². The number of benzene rings is 1. The molecular formula is C13H10BrIN2O. The van der Waals surface area contributed by atoms with Crippen molar-refractivity contribution in [3.05, 3.63) is 56.3 Å². The summed E-state index contributed by atoms with van der Waals surface area (Å²) < 4.78 is 2.00. The van der Waals surface area contributed by atoms with E-state index in [0.717, 1.165) is 19.3 Å². The molecule has 0 bridgehead atoms. The number of nitrogens with zero attached hydrogens (tertiary/aromatic N) is 1. The fourth-order valence-corrected chi connectivity index (χ4v) is 2.87. The summed E-state index contributed by atoms with van der Waals surface area (Å²) in [5.41, 5.74) is 1.68. The fourth-order valence-electron chi connectivity index (χ4n) is 1.47. The topological polar surface area (TPSA) is 42.0 Å². The average Bonchev–Trinajstić information content (AvgIpc) is 2.34. The first kappa shape index (κ1) is 13.5. The average molecular weight is 417 g/mol. The van der Waals surface area contributed by atoms with E-state index >= 15 is 0 Å². The molecule has 0 radical (unpaired) electrons. The summed E-state index contributed by atoms with van der Waals surface area (Å²) in [7, 11) is 0. The standard InChI is InChI=1S/C13H10BrIN2O/c14-11-7-10(15)3-4-12(11)17-13(18)6-9-2-1-5-16-8-9/h1-5,7-8H,6H2,(H,17,18). The molecule has 0 saturated carbocycles. The maximum Gasteiger partial charge on any atom is 0.228 e. The van der Waals surface area contributed by atoms with Crippen LogP contribution in [0.15, 0.2) is 47.2 Å². The molecule has 2 aromatic rings. The van der Waals surface area contributed by atoms with Crippen LogP contribution >= 0.6 is 38.5 Å². The maximum absolute atomic E-state index is 11.9. The largest absolute Gasteiger partial charge is 0.325 e. The van der Waals surface area contributed by atoms with Gasteiger partial charge in [0.1, 0.15) is 0 Å². The Balaban J connectivity index is 2.03. The van der Waals surface area contributed by atoms with Crippen molar-refractivity contribution in [2.45, 2.75) is 6.42 Å². The number of nitrogens with one attached hydrogen (secondary N) is 1. The number of anilines is 1. The number of carbonyl (C=O) groups excluding carboxylic acids is 1. The molecule has 0 unspecified atom stereocenters. The molecule has 5 heteroatoms. The van der Waals surface area contributed by atoms with Gasteiger partial charge in [-0.15, -0.1) is 0 Å². The SMILES string of the molecule is O=C(Cc1cccnc1)Nc1ccc(I)cc1Br. The Kier molecular flexibility index (Phi) is 4.71. The van der Waals surface area contributed by atoms with Gasteiger partial charge in [0.05, 0.1) is 12.1 Å². The highest BCUT2D eigenvalue weighted by Gasteiger charge is 2.06. The van der Waals surface area contributed by atoms with Gasteiger partial charge in [-0.1, -0.05) is 6.07 Å². The van der Waals surface area contributed by atoms with Crippen molar-refractivity contribution in [3.8, 4) is 0 Å². The molecule has 0 aliphatic heterocycles. The van der Waals surface area contributed by atoms with Gasteiger partial charge in [0.15, 0.2) is 0 Å². The van der Waals surface area contributed by atoms with E-state index in [2.05, 4.69) is 48.8 Å². The minimum absolute atomic E-state index is 0.0510. The van der Waals surface area contributed by atoms with Gasteiger partial charge in [-0.25, -0.2) is 0 Å². The van der Waals surface area contributed by atoms with Crippen LogP contribution in [-0.4, -0.2) is 10.9 Å². The van der Waals surface area contributed by atoms with Crippen LogP contribution in [0.1, 0.15) is 5.56 Å². The molecular weight excluding hydrogens is 407 g/mol. The molecule has 92 valence electrons. The second-order valence-electron chi connectivity index (χ2n) is 3.71. The van der Waals surface area contributed by atoms with E-state index in [0.29, 0.717) is 6.42 Å². The lowest BCUT2D eigenvalue weighted by Crippen LogP contribution is -2.14. The minimum atomic E-state index is -0.0510. The van der Waals surface area contributed by atoms with Crippen LogP contribution in [0.2, 0.25) is 0 Å². The van der Waals surface area contributed by atoms with Crippen molar-refractivity contribution in [3.63, 3.8) is 0 Å². The molecule has 1 aromatic carbocycles. The number of hydrogen-bond donors (Lipinski definition) is 1. The van der Waals surface area contributed by atoms with Gasteiger partial charge in [0.25, 0.3) is 0 Å². The molecule has 18 heavy (non-hydrogen) atoms. The summed E-state index contributed by atoms with van der Waals surface area (Å²) >= 11 is 5.65. The van der Waals surface area contributed by atoms with E-state index in [9.17, 15) is 4.79 Å². The van der Waals surface area contributed by atoms with Crippen LogP contribution in [0.3, 0.4) is 0 Å². The van der Waals surface area contributed by atoms with Crippen LogP contribution in [0.4, 0.5) is 5.69 Å². The lowest BCUT2D eigenvalue weighted by atomic mass is 10.2. The third kappa shape index (κ3) is 3.78. The lowest BCUT2D eigenvalue weighted by molar-refractivity contribution is -0.115. The molecule has 0 fully saturated rings. The molecule has 0 aliphatic carbocycles. The Morgan fingerprint density at radius 1 is 1.39 bits per heavy atom. The molecule has 0 saturated heterocycles. The lowest BCUT2D eigenvalue weighted by Gasteiger charge is -2.07. The Labute approximate surface area is 127 Å². The number of hydrogen-bond acceptors (Lipinski definition) is 2. The van der Waals surface area contributed by atoms with Crippen LogP contribution in [0.5, 0.6) is 0 Å². The monoisotopic (exact) mass is 416 g/mol. The van der Waals surface area contributed by atoms with E-state index in [1.807, 2.05) is 30.3 Å². The van der Waals surface area contributed by atoms with Crippen LogP contribution in [-0.2, 0) is 11.2 Å². The predicted molar refractivity (Wildman–Crippen MR) is 83.4 cm³/mol.